The van der Waals surface area contributed by atoms with Gasteiger partial charge in [0.1, 0.15) is 5.69 Å². The number of aromatic nitrogens is 1. The molecule has 0 saturated heterocycles. The number of hydrogen-bond donors (Lipinski definition) is 2. The summed E-state index contributed by atoms with van der Waals surface area (Å²) in [6, 6.07) is 2.90. The maximum Gasteiger partial charge on any atom is 0.354 e. The van der Waals surface area contributed by atoms with E-state index in [9.17, 15) is 9.59 Å². The molecule has 0 saturated carbocycles. The maximum absolute atomic E-state index is 11.7. The number of nitrogens with one attached hydrogen (secondary N) is 1. The van der Waals surface area contributed by atoms with Gasteiger partial charge in [0.15, 0.2) is 0 Å². The smallest absolute Gasteiger partial charge is 0.354 e. The first-order valence-electron chi connectivity index (χ1n) is 6.07. The van der Waals surface area contributed by atoms with E-state index in [4.69, 9.17) is 5.11 Å². The third-order valence-electron chi connectivity index (χ3n) is 2.47. The van der Waals surface area contributed by atoms with Crippen LogP contribution in [0.15, 0.2) is 18.3 Å². The Balaban J connectivity index is 2.48. The minimum absolute atomic E-state index is 0.00741. The molecule has 0 aliphatic rings. The topological polar surface area (TPSA) is 82.5 Å². The van der Waals surface area contributed by atoms with Crippen molar-refractivity contribution in [1.29, 1.82) is 0 Å². The zero-order valence-corrected chi connectivity index (χ0v) is 11.4. The molecule has 6 heteroatoms. The normalized spacial score (nSPS) is 10.3. The molecule has 0 fully saturated rings. The van der Waals surface area contributed by atoms with Crippen LogP contribution in [0, 0.1) is 5.92 Å². The van der Waals surface area contributed by atoms with E-state index in [1.807, 2.05) is 13.8 Å². The molecule has 6 nitrogen and oxygen atoms in total. The van der Waals surface area contributed by atoms with Crippen molar-refractivity contribution in [3.8, 4) is 0 Å². The summed E-state index contributed by atoms with van der Waals surface area (Å²) in [5.74, 6) is -0.653. The Bertz CT molecular complexity index is 443. The molecule has 0 radical (unpaired) electrons. The first kappa shape index (κ1) is 14.9. The second kappa shape index (κ2) is 6.72. The van der Waals surface area contributed by atoms with Gasteiger partial charge >= 0.3 is 12.0 Å². The van der Waals surface area contributed by atoms with Gasteiger partial charge in [0.2, 0.25) is 0 Å². The quantitative estimate of drug-likeness (QED) is 0.846. The molecule has 2 N–H and O–H groups in total. The highest BCUT2D eigenvalue weighted by molar-refractivity contribution is 5.85. The van der Waals surface area contributed by atoms with Gasteiger partial charge in [-0.15, -0.1) is 0 Å². The fraction of sp³-hybridized carbons (Fsp3) is 0.462. The van der Waals surface area contributed by atoms with Crippen LogP contribution in [0.25, 0.3) is 0 Å². The average molecular weight is 265 g/mol. The summed E-state index contributed by atoms with van der Waals surface area (Å²) in [6.07, 6.45) is 1.45. The molecule has 0 aliphatic carbocycles. The number of pyridine rings is 1. The Kier molecular flexibility index (Phi) is 5.29. The molecule has 0 atom stereocenters. The van der Waals surface area contributed by atoms with Crippen molar-refractivity contribution in [2.24, 2.45) is 5.92 Å². The molecular weight excluding hydrogens is 246 g/mol. The molecule has 0 spiro atoms. The van der Waals surface area contributed by atoms with E-state index in [1.54, 1.807) is 18.0 Å². The number of urea groups is 1. The van der Waals surface area contributed by atoms with Crippen LogP contribution >= 0.6 is 0 Å². The number of carboxylic acid groups (broad SMARTS) is 1. The molecule has 104 valence electrons. The van der Waals surface area contributed by atoms with Gasteiger partial charge < -0.3 is 15.3 Å². The monoisotopic (exact) mass is 265 g/mol. The van der Waals surface area contributed by atoms with Crippen LogP contribution in [0.1, 0.15) is 29.9 Å². The van der Waals surface area contributed by atoms with Crippen molar-refractivity contribution in [2.45, 2.75) is 20.4 Å². The summed E-state index contributed by atoms with van der Waals surface area (Å²) in [4.78, 5) is 27.8. The van der Waals surface area contributed by atoms with Gasteiger partial charge in [-0.3, -0.25) is 0 Å². The first-order chi connectivity index (χ1) is 8.90. The Morgan fingerprint density at radius 3 is 2.58 bits per heavy atom. The van der Waals surface area contributed by atoms with E-state index < -0.39 is 5.97 Å². The fourth-order valence-corrected chi connectivity index (χ4v) is 1.60. The van der Waals surface area contributed by atoms with E-state index in [-0.39, 0.29) is 11.7 Å². The lowest BCUT2D eigenvalue weighted by Crippen LogP contribution is -2.38. The number of carbonyl (C=O) groups is 2. The lowest BCUT2D eigenvalue weighted by atomic mass is 10.2. The summed E-state index contributed by atoms with van der Waals surface area (Å²) >= 11 is 0. The molecule has 1 heterocycles. The third-order valence-corrected chi connectivity index (χ3v) is 2.47. The largest absolute Gasteiger partial charge is 0.477 e. The minimum atomic E-state index is -1.06. The zero-order chi connectivity index (χ0) is 14.4. The van der Waals surface area contributed by atoms with Crippen molar-refractivity contribution < 1.29 is 14.7 Å². The lowest BCUT2D eigenvalue weighted by molar-refractivity contribution is 0.0690. The zero-order valence-electron chi connectivity index (χ0n) is 11.4. The molecule has 0 bridgehead atoms. The van der Waals surface area contributed by atoms with Crippen molar-refractivity contribution in [3.05, 3.63) is 29.6 Å². The van der Waals surface area contributed by atoms with Crippen LogP contribution in [-0.4, -0.2) is 40.6 Å². The van der Waals surface area contributed by atoms with Crippen molar-refractivity contribution in [1.82, 2.24) is 15.2 Å². The number of carbonyl (C=O) groups excluding carboxylic acids is 1. The highest BCUT2D eigenvalue weighted by atomic mass is 16.4. The molecule has 0 unspecified atom stereocenters. The Hall–Kier alpha value is -2.11. The Morgan fingerprint density at radius 2 is 2.11 bits per heavy atom. The van der Waals surface area contributed by atoms with Gasteiger partial charge in [0, 0.05) is 26.3 Å². The third kappa shape index (κ3) is 4.95. The first-order valence-corrected chi connectivity index (χ1v) is 6.07. The fourth-order valence-electron chi connectivity index (χ4n) is 1.60. The number of rotatable bonds is 5. The van der Waals surface area contributed by atoms with E-state index >= 15 is 0 Å². The van der Waals surface area contributed by atoms with Crippen LogP contribution in [0.5, 0.6) is 0 Å². The van der Waals surface area contributed by atoms with Crippen molar-refractivity contribution in [3.63, 3.8) is 0 Å². The summed E-state index contributed by atoms with van der Waals surface area (Å²) in [7, 11) is 1.74. The Labute approximate surface area is 112 Å². The van der Waals surface area contributed by atoms with Gasteiger partial charge in [-0.05, 0) is 17.5 Å². The highest BCUT2D eigenvalue weighted by Crippen LogP contribution is 2.01. The summed E-state index contributed by atoms with van der Waals surface area (Å²) in [5.41, 5.74) is 0.753. The van der Waals surface area contributed by atoms with Crippen LogP contribution in [0.3, 0.4) is 0 Å². The molecule has 0 aliphatic heterocycles. The SMILES string of the molecule is CC(C)CN(C)C(=O)NCc1ccc(C(=O)O)nc1. The average Bonchev–Trinajstić information content (AvgIpc) is 2.35. The van der Waals surface area contributed by atoms with Crippen LogP contribution in [0.4, 0.5) is 4.79 Å². The number of hydrogen-bond acceptors (Lipinski definition) is 3. The molecule has 19 heavy (non-hydrogen) atoms. The van der Waals surface area contributed by atoms with E-state index in [2.05, 4.69) is 10.3 Å². The molecule has 1 aromatic heterocycles. The number of amides is 2. The summed E-state index contributed by atoms with van der Waals surface area (Å²) in [6.45, 7) is 5.09. The molecular formula is C13H19N3O3. The van der Waals surface area contributed by atoms with E-state index in [0.717, 1.165) is 5.56 Å². The predicted molar refractivity (Wildman–Crippen MR) is 70.9 cm³/mol. The van der Waals surface area contributed by atoms with Gasteiger partial charge in [0.25, 0.3) is 0 Å². The van der Waals surface area contributed by atoms with Crippen molar-refractivity contribution >= 4 is 12.0 Å². The maximum atomic E-state index is 11.7. The van der Waals surface area contributed by atoms with Gasteiger partial charge in [-0.2, -0.15) is 0 Å². The van der Waals surface area contributed by atoms with Crippen LogP contribution in [-0.2, 0) is 6.54 Å². The van der Waals surface area contributed by atoms with E-state index in [0.29, 0.717) is 19.0 Å². The molecule has 0 aromatic carbocycles. The van der Waals surface area contributed by atoms with E-state index in [1.165, 1.54) is 12.3 Å². The molecule has 1 aromatic rings. The molecule has 1 rings (SSSR count). The number of aromatic carboxylic acids is 1. The lowest BCUT2D eigenvalue weighted by Gasteiger charge is -2.19. The number of carboxylic acids is 1. The second-order valence-corrected chi connectivity index (χ2v) is 4.79. The second-order valence-electron chi connectivity index (χ2n) is 4.79. The van der Waals surface area contributed by atoms with Gasteiger partial charge in [-0.25, -0.2) is 14.6 Å². The standard InChI is InChI=1S/C13H19N3O3/c1-9(2)8-16(3)13(19)15-7-10-4-5-11(12(17)18)14-6-10/h4-6,9H,7-8H2,1-3H3,(H,15,19)(H,17,18). The van der Waals surface area contributed by atoms with Gasteiger partial charge in [-0.1, -0.05) is 19.9 Å². The van der Waals surface area contributed by atoms with Crippen LogP contribution < -0.4 is 5.32 Å². The highest BCUT2D eigenvalue weighted by Gasteiger charge is 2.09. The van der Waals surface area contributed by atoms with Crippen LogP contribution in [0.2, 0.25) is 0 Å². The molecule has 2 amide bonds. The Morgan fingerprint density at radius 1 is 1.42 bits per heavy atom. The predicted octanol–water partition coefficient (Wildman–Crippen LogP) is 1.58. The number of nitrogens with zero attached hydrogens (tertiary/aromatic N) is 2. The van der Waals surface area contributed by atoms with Gasteiger partial charge in [0.05, 0.1) is 0 Å². The minimum Gasteiger partial charge on any atom is -0.477 e. The summed E-state index contributed by atoms with van der Waals surface area (Å²) < 4.78 is 0. The summed E-state index contributed by atoms with van der Waals surface area (Å²) in [5, 5.41) is 11.5. The van der Waals surface area contributed by atoms with Crippen molar-refractivity contribution in [2.75, 3.05) is 13.6 Å².